The molecule has 2 aromatic carbocycles. The van der Waals surface area contributed by atoms with Gasteiger partial charge in [-0.05, 0) is 44.2 Å². The third kappa shape index (κ3) is 4.38. The molecule has 0 spiro atoms. The third-order valence-electron chi connectivity index (χ3n) is 4.34. The second kappa shape index (κ2) is 7.68. The fourth-order valence-corrected chi connectivity index (χ4v) is 4.01. The topological polar surface area (TPSA) is 76.7 Å². The molecule has 0 aliphatic carbocycles. The van der Waals surface area contributed by atoms with Gasteiger partial charge >= 0.3 is 0 Å². The standard InChI is InChI=1S/C20H17ClFN3O3S/c1-20(2)9-18(25-28-20)29-10-16-13-7-14(22)15(8-17(13)27-24-16)23-19(26)11-3-5-12(21)6-4-11/h3-8H,9-10H2,1-2H3,(H,23,26). The molecule has 1 aliphatic heterocycles. The number of amides is 1. The molecule has 0 bridgehead atoms. The molecule has 0 saturated carbocycles. The SMILES string of the molecule is CC1(C)CC(SCc2noc3cc(NC(=O)c4ccc(Cl)cc4)c(F)cc23)=NO1. The number of thioether (sulfide) groups is 1. The van der Waals surface area contributed by atoms with Crippen LogP contribution in [0.1, 0.15) is 36.3 Å². The van der Waals surface area contributed by atoms with E-state index >= 15 is 0 Å². The van der Waals surface area contributed by atoms with Crippen molar-refractivity contribution in [1.29, 1.82) is 0 Å². The van der Waals surface area contributed by atoms with Crippen molar-refractivity contribution in [2.45, 2.75) is 31.6 Å². The summed E-state index contributed by atoms with van der Waals surface area (Å²) in [5.41, 5.74) is 1.07. The van der Waals surface area contributed by atoms with Gasteiger partial charge in [0.1, 0.15) is 22.2 Å². The van der Waals surface area contributed by atoms with Gasteiger partial charge in [-0.2, -0.15) is 0 Å². The molecule has 1 N–H and O–H groups in total. The number of carbonyl (C=O) groups is 1. The van der Waals surface area contributed by atoms with Crippen LogP contribution < -0.4 is 5.32 Å². The number of hydrogen-bond acceptors (Lipinski definition) is 6. The average Bonchev–Trinajstić information content (AvgIpc) is 3.23. The summed E-state index contributed by atoms with van der Waals surface area (Å²) >= 11 is 7.30. The summed E-state index contributed by atoms with van der Waals surface area (Å²) in [5, 5.41) is 12.6. The summed E-state index contributed by atoms with van der Waals surface area (Å²) in [7, 11) is 0. The van der Waals surface area contributed by atoms with Crippen molar-refractivity contribution in [3.63, 3.8) is 0 Å². The van der Waals surface area contributed by atoms with E-state index in [4.69, 9.17) is 21.0 Å². The van der Waals surface area contributed by atoms with Crippen molar-refractivity contribution in [3.05, 3.63) is 58.5 Å². The van der Waals surface area contributed by atoms with Crippen molar-refractivity contribution in [2.24, 2.45) is 5.16 Å². The Morgan fingerprint density at radius 3 is 2.76 bits per heavy atom. The fourth-order valence-electron chi connectivity index (χ4n) is 2.84. The van der Waals surface area contributed by atoms with Gasteiger partial charge in [-0.1, -0.05) is 21.9 Å². The molecular formula is C20H17ClFN3O3S. The van der Waals surface area contributed by atoms with E-state index in [0.29, 0.717) is 39.4 Å². The number of nitrogens with zero attached hydrogens (tertiary/aromatic N) is 2. The second-order valence-corrected chi connectivity index (χ2v) is 8.70. The number of fused-ring (bicyclic) bond motifs is 1. The molecule has 1 amide bonds. The monoisotopic (exact) mass is 433 g/mol. The first-order chi connectivity index (χ1) is 13.8. The van der Waals surface area contributed by atoms with Crippen LogP contribution in [0.4, 0.5) is 10.1 Å². The van der Waals surface area contributed by atoms with Crippen molar-refractivity contribution >= 4 is 51.0 Å². The molecule has 2 heterocycles. The zero-order chi connectivity index (χ0) is 20.6. The molecule has 29 heavy (non-hydrogen) atoms. The van der Waals surface area contributed by atoms with Crippen molar-refractivity contribution in [1.82, 2.24) is 5.16 Å². The van der Waals surface area contributed by atoms with Crippen LogP contribution in [0.3, 0.4) is 0 Å². The van der Waals surface area contributed by atoms with Crippen LogP contribution in [-0.2, 0) is 10.6 Å². The van der Waals surface area contributed by atoms with Crippen LogP contribution in [0.15, 0.2) is 46.1 Å². The molecular weight excluding hydrogens is 417 g/mol. The predicted octanol–water partition coefficient (Wildman–Crippen LogP) is 5.62. The Hall–Kier alpha value is -2.58. The van der Waals surface area contributed by atoms with Crippen LogP contribution >= 0.6 is 23.4 Å². The first-order valence-electron chi connectivity index (χ1n) is 8.83. The highest BCUT2D eigenvalue weighted by atomic mass is 35.5. The van der Waals surface area contributed by atoms with Gasteiger partial charge in [0.25, 0.3) is 5.91 Å². The molecule has 1 aromatic heterocycles. The first-order valence-corrected chi connectivity index (χ1v) is 10.2. The number of halogens is 2. The molecule has 0 atom stereocenters. The molecule has 9 heteroatoms. The number of aromatic nitrogens is 1. The van der Waals surface area contributed by atoms with Gasteiger partial charge in [0.2, 0.25) is 0 Å². The lowest BCUT2D eigenvalue weighted by molar-refractivity contribution is 0.0123. The van der Waals surface area contributed by atoms with E-state index in [1.54, 1.807) is 24.3 Å². The molecule has 0 unspecified atom stereocenters. The van der Waals surface area contributed by atoms with Gasteiger partial charge in [0, 0.05) is 34.2 Å². The van der Waals surface area contributed by atoms with Gasteiger partial charge in [0.15, 0.2) is 5.58 Å². The van der Waals surface area contributed by atoms with Gasteiger partial charge in [-0.15, -0.1) is 11.8 Å². The third-order valence-corrected chi connectivity index (χ3v) is 5.56. The molecule has 0 radical (unpaired) electrons. The number of oxime groups is 1. The van der Waals surface area contributed by atoms with E-state index in [1.807, 2.05) is 13.8 Å². The summed E-state index contributed by atoms with van der Waals surface area (Å²) in [6.45, 7) is 3.93. The van der Waals surface area contributed by atoms with Gasteiger partial charge in [0.05, 0.1) is 5.69 Å². The lowest BCUT2D eigenvalue weighted by Gasteiger charge is -2.12. The van der Waals surface area contributed by atoms with Gasteiger partial charge in [-0.25, -0.2) is 4.39 Å². The normalized spacial score (nSPS) is 15.2. The van der Waals surface area contributed by atoms with Crippen LogP contribution in [0, 0.1) is 5.82 Å². The quantitative estimate of drug-likeness (QED) is 0.578. The fraction of sp³-hybridized carbons (Fsp3) is 0.250. The Morgan fingerprint density at radius 2 is 2.07 bits per heavy atom. The number of benzene rings is 2. The van der Waals surface area contributed by atoms with Crippen molar-refractivity contribution in [3.8, 4) is 0 Å². The zero-order valence-corrected chi connectivity index (χ0v) is 17.2. The summed E-state index contributed by atoms with van der Waals surface area (Å²) in [5.74, 6) is -0.546. The maximum Gasteiger partial charge on any atom is 0.255 e. The van der Waals surface area contributed by atoms with E-state index in [-0.39, 0.29) is 11.3 Å². The average molecular weight is 434 g/mol. The zero-order valence-electron chi connectivity index (χ0n) is 15.7. The minimum Gasteiger partial charge on any atom is -0.389 e. The Bertz CT molecular complexity index is 1110. The van der Waals surface area contributed by atoms with Crippen molar-refractivity contribution < 1.29 is 18.5 Å². The number of rotatable bonds is 4. The van der Waals surface area contributed by atoms with Crippen LogP contribution in [0.5, 0.6) is 0 Å². The summed E-state index contributed by atoms with van der Waals surface area (Å²) in [6.07, 6.45) is 0.711. The van der Waals surface area contributed by atoms with E-state index < -0.39 is 11.7 Å². The van der Waals surface area contributed by atoms with Crippen LogP contribution in [-0.4, -0.2) is 21.7 Å². The number of hydrogen-bond donors (Lipinski definition) is 1. The predicted molar refractivity (Wildman–Crippen MR) is 112 cm³/mol. The first kappa shape index (κ1) is 19.7. The Kier molecular flexibility index (Phi) is 5.23. The highest BCUT2D eigenvalue weighted by Crippen LogP contribution is 2.32. The minimum atomic E-state index is -0.572. The van der Waals surface area contributed by atoms with Crippen LogP contribution in [0.2, 0.25) is 5.02 Å². The Balaban J connectivity index is 1.49. The molecule has 3 aromatic rings. The van der Waals surface area contributed by atoms with Gasteiger partial charge in [-0.3, -0.25) is 4.79 Å². The van der Waals surface area contributed by atoms with E-state index in [9.17, 15) is 9.18 Å². The number of anilines is 1. The second-order valence-electron chi connectivity index (χ2n) is 7.22. The molecule has 1 aliphatic rings. The van der Waals surface area contributed by atoms with Crippen molar-refractivity contribution in [2.75, 3.05) is 5.32 Å². The summed E-state index contributed by atoms with van der Waals surface area (Å²) in [4.78, 5) is 17.7. The highest BCUT2D eigenvalue weighted by Gasteiger charge is 2.29. The lowest BCUT2D eigenvalue weighted by Crippen LogP contribution is -2.18. The molecule has 150 valence electrons. The van der Waals surface area contributed by atoms with E-state index in [1.165, 1.54) is 23.9 Å². The summed E-state index contributed by atoms with van der Waals surface area (Å²) < 4.78 is 19.9. The number of nitrogens with one attached hydrogen (secondary N) is 1. The summed E-state index contributed by atoms with van der Waals surface area (Å²) in [6, 6.07) is 9.06. The Morgan fingerprint density at radius 1 is 1.31 bits per heavy atom. The maximum atomic E-state index is 14.6. The molecule has 4 rings (SSSR count). The lowest BCUT2D eigenvalue weighted by atomic mass is 10.1. The van der Waals surface area contributed by atoms with Crippen LogP contribution in [0.25, 0.3) is 11.0 Å². The molecule has 6 nitrogen and oxygen atoms in total. The Labute approximate surface area is 175 Å². The highest BCUT2D eigenvalue weighted by molar-refractivity contribution is 8.13. The smallest absolute Gasteiger partial charge is 0.255 e. The number of carbonyl (C=O) groups excluding carboxylic acids is 1. The largest absolute Gasteiger partial charge is 0.389 e. The van der Waals surface area contributed by atoms with E-state index in [2.05, 4.69) is 15.6 Å². The molecule has 0 fully saturated rings. The molecule has 0 saturated heterocycles. The van der Waals surface area contributed by atoms with Gasteiger partial charge < -0.3 is 14.7 Å². The van der Waals surface area contributed by atoms with E-state index in [0.717, 1.165) is 5.04 Å². The maximum absolute atomic E-state index is 14.6. The minimum absolute atomic E-state index is 0.0168.